The number of rotatable bonds is 7. The summed E-state index contributed by atoms with van der Waals surface area (Å²) in [5, 5.41) is 15.0. The van der Waals surface area contributed by atoms with Gasteiger partial charge in [-0.2, -0.15) is 0 Å². The van der Waals surface area contributed by atoms with Gasteiger partial charge in [-0.05, 0) is 25.1 Å². The predicted molar refractivity (Wildman–Crippen MR) is 125 cm³/mol. The Kier molecular flexibility index (Phi) is 6.55. The number of halogens is 1. The van der Waals surface area contributed by atoms with Gasteiger partial charge in [0, 0.05) is 10.9 Å². The molecule has 0 aliphatic heterocycles. The lowest BCUT2D eigenvalue weighted by Crippen LogP contribution is -2.14. The van der Waals surface area contributed by atoms with Crippen LogP contribution >= 0.6 is 34.7 Å². The summed E-state index contributed by atoms with van der Waals surface area (Å²) in [5.41, 5.74) is 2.54. The molecule has 0 radical (unpaired) electrons. The van der Waals surface area contributed by atoms with E-state index in [2.05, 4.69) is 20.5 Å². The van der Waals surface area contributed by atoms with Crippen LogP contribution in [0.25, 0.3) is 17.1 Å². The molecule has 0 saturated carbocycles. The van der Waals surface area contributed by atoms with E-state index in [4.69, 9.17) is 16.3 Å². The van der Waals surface area contributed by atoms with Crippen LogP contribution in [0.3, 0.4) is 0 Å². The number of nitrogens with one attached hydrogen (secondary N) is 1. The van der Waals surface area contributed by atoms with E-state index in [1.807, 2.05) is 53.3 Å². The Morgan fingerprint density at radius 3 is 2.71 bits per heavy atom. The van der Waals surface area contributed by atoms with Gasteiger partial charge in [0.05, 0.1) is 29.3 Å². The minimum Gasteiger partial charge on any atom is -0.495 e. The van der Waals surface area contributed by atoms with Crippen LogP contribution in [0.5, 0.6) is 5.75 Å². The molecule has 4 rings (SSSR count). The summed E-state index contributed by atoms with van der Waals surface area (Å²) in [5.74, 6) is 1.23. The third-order valence-corrected chi connectivity index (χ3v) is 6.36. The first-order chi connectivity index (χ1) is 15.0. The number of benzene rings is 2. The third-order valence-electron chi connectivity index (χ3n) is 4.26. The van der Waals surface area contributed by atoms with Crippen molar-refractivity contribution in [3.8, 4) is 22.8 Å². The van der Waals surface area contributed by atoms with E-state index in [9.17, 15) is 4.79 Å². The lowest BCUT2D eigenvalue weighted by Gasteiger charge is -2.12. The SMILES string of the molecule is COc1ccc(-n2c(SCC(=O)Nc3nc(C)cs3)nnc2-c2ccccc2)cc1Cl. The van der Waals surface area contributed by atoms with Gasteiger partial charge in [0.1, 0.15) is 5.75 Å². The number of hydrogen-bond donors (Lipinski definition) is 1. The van der Waals surface area contributed by atoms with E-state index in [1.54, 1.807) is 19.2 Å². The van der Waals surface area contributed by atoms with Gasteiger partial charge in [-0.3, -0.25) is 9.36 Å². The van der Waals surface area contributed by atoms with E-state index in [-0.39, 0.29) is 11.7 Å². The molecule has 7 nitrogen and oxygen atoms in total. The molecule has 0 fully saturated rings. The zero-order chi connectivity index (χ0) is 21.8. The Balaban J connectivity index is 1.64. The predicted octanol–water partition coefficient (Wildman–Crippen LogP) is 5.09. The van der Waals surface area contributed by atoms with Gasteiger partial charge in [-0.1, -0.05) is 53.7 Å². The van der Waals surface area contributed by atoms with Crippen molar-refractivity contribution < 1.29 is 9.53 Å². The number of nitrogens with zero attached hydrogens (tertiary/aromatic N) is 4. The number of aryl methyl sites for hydroxylation is 1. The molecular weight excluding hydrogens is 454 g/mol. The summed E-state index contributed by atoms with van der Waals surface area (Å²) in [6.45, 7) is 1.88. The number of methoxy groups -OCH3 is 1. The first kappa shape index (κ1) is 21.4. The average Bonchev–Trinajstić information content (AvgIpc) is 3.38. The van der Waals surface area contributed by atoms with Crippen LogP contribution in [0.4, 0.5) is 5.13 Å². The number of carbonyl (C=O) groups excluding carboxylic acids is 1. The van der Waals surface area contributed by atoms with Crippen LogP contribution in [0, 0.1) is 6.92 Å². The summed E-state index contributed by atoms with van der Waals surface area (Å²) < 4.78 is 7.15. The molecule has 2 aromatic heterocycles. The minimum atomic E-state index is -0.164. The van der Waals surface area contributed by atoms with Crippen molar-refractivity contribution in [1.29, 1.82) is 0 Å². The van der Waals surface area contributed by atoms with E-state index >= 15 is 0 Å². The molecule has 0 unspecified atom stereocenters. The molecule has 0 spiro atoms. The average molecular weight is 472 g/mol. The topological polar surface area (TPSA) is 81.9 Å². The Hall–Kier alpha value is -2.88. The van der Waals surface area contributed by atoms with E-state index < -0.39 is 0 Å². The third kappa shape index (κ3) is 4.90. The molecule has 1 N–H and O–H groups in total. The lowest BCUT2D eigenvalue weighted by molar-refractivity contribution is -0.113. The van der Waals surface area contributed by atoms with Crippen LogP contribution in [-0.4, -0.2) is 38.5 Å². The van der Waals surface area contributed by atoms with Crippen LogP contribution in [0.2, 0.25) is 5.02 Å². The van der Waals surface area contributed by atoms with Crippen LogP contribution < -0.4 is 10.1 Å². The van der Waals surface area contributed by atoms with Crippen molar-refractivity contribution >= 4 is 45.7 Å². The highest BCUT2D eigenvalue weighted by Crippen LogP contribution is 2.32. The highest BCUT2D eigenvalue weighted by atomic mass is 35.5. The molecule has 2 aromatic carbocycles. The number of anilines is 1. The number of amides is 1. The van der Waals surface area contributed by atoms with Crippen molar-refractivity contribution in [1.82, 2.24) is 19.7 Å². The quantitative estimate of drug-likeness (QED) is 0.378. The molecule has 0 saturated heterocycles. The molecular formula is C21H18ClN5O2S2. The fraction of sp³-hybridized carbons (Fsp3) is 0.143. The molecule has 0 aliphatic rings. The zero-order valence-electron chi connectivity index (χ0n) is 16.7. The number of thiazole rings is 1. The maximum absolute atomic E-state index is 12.4. The highest BCUT2D eigenvalue weighted by Gasteiger charge is 2.18. The molecule has 2 heterocycles. The second-order valence-corrected chi connectivity index (χ2v) is 8.67. The maximum atomic E-state index is 12.4. The monoisotopic (exact) mass is 471 g/mol. The van der Waals surface area contributed by atoms with Crippen LogP contribution in [0.15, 0.2) is 59.1 Å². The second-order valence-electron chi connectivity index (χ2n) is 6.46. The summed E-state index contributed by atoms with van der Waals surface area (Å²) in [4.78, 5) is 16.7. The fourth-order valence-electron chi connectivity index (χ4n) is 2.86. The van der Waals surface area contributed by atoms with Crippen molar-refractivity contribution in [3.63, 3.8) is 0 Å². The molecule has 1 amide bonds. The summed E-state index contributed by atoms with van der Waals surface area (Å²) in [6, 6.07) is 15.2. The van der Waals surface area contributed by atoms with Crippen molar-refractivity contribution in [2.24, 2.45) is 0 Å². The molecule has 158 valence electrons. The zero-order valence-corrected chi connectivity index (χ0v) is 19.1. The van der Waals surface area contributed by atoms with E-state index in [1.165, 1.54) is 23.1 Å². The first-order valence-corrected chi connectivity index (χ1v) is 11.5. The Morgan fingerprint density at radius 1 is 1.23 bits per heavy atom. The number of thioether (sulfide) groups is 1. The first-order valence-electron chi connectivity index (χ1n) is 9.24. The standard InChI is InChI=1S/C21H18ClN5O2S2/c1-13-11-30-20(23-13)24-18(28)12-31-21-26-25-19(14-6-4-3-5-7-14)27(21)15-8-9-17(29-2)16(22)10-15/h3-11H,12H2,1-2H3,(H,23,24,28). The van der Waals surface area contributed by atoms with Crippen LogP contribution in [-0.2, 0) is 4.79 Å². The van der Waals surface area contributed by atoms with Gasteiger partial charge in [0.2, 0.25) is 5.91 Å². The number of carbonyl (C=O) groups is 1. The molecule has 0 aliphatic carbocycles. The van der Waals surface area contributed by atoms with E-state index in [0.717, 1.165) is 16.9 Å². The molecule has 0 bridgehead atoms. The molecule has 10 heteroatoms. The van der Waals surface area contributed by atoms with Gasteiger partial charge in [0.15, 0.2) is 16.1 Å². The normalized spacial score (nSPS) is 10.8. The van der Waals surface area contributed by atoms with Gasteiger partial charge in [0.25, 0.3) is 0 Å². The summed E-state index contributed by atoms with van der Waals surface area (Å²) in [7, 11) is 1.57. The molecule has 0 atom stereocenters. The number of ether oxygens (including phenoxy) is 1. The van der Waals surface area contributed by atoms with Gasteiger partial charge < -0.3 is 10.1 Å². The van der Waals surface area contributed by atoms with Crippen molar-refractivity contribution in [2.45, 2.75) is 12.1 Å². The summed E-state index contributed by atoms with van der Waals surface area (Å²) >= 11 is 9.04. The minimum absolute atomic E-state index is 0.162. The fourth-order valence-corrected chi connectivity index (χ4v) is 4.57. The molecule has 31 heavy (non-hydrogen) atoms. The largest absolute Gasteiger partial charge is 0.495 e. The van der Waals surface area contributed by atoms with Gasteiger partial charge >= 0.3 is 0 Å². The number of hydrogen-bond acceptors (Lipinski definition) is 7. The number of aromatic nitrogens is 4. The van der Waals surface area contributed by atoms with Gasteiger partial charge in [-0.25, -0.2) is 4.98 Å². The Bertz CT molecular complexity index is 1210. The lowest BCUT2D eigenvalue weighted by atomic mass is 10.2. The van der Waals surface area contributed by atoms with Gasteiger partial charge in [-0.15, -0.1) is 21.5 Å². The summed E-state index contributed by atoms with van der Waals surface area (Å²) in [6.07, 6.45) is 0. The Morgan fingerprint density at radius 2 is 2.03 bits per heavy atom. The molecule has 4 aromatic rings. The smallest absolute Gasteiger partial charge is 0.236 e. The van der Waals surface area contributed by atoms with Crippen LogP contribution in [0.1, 0.15) is 5.69 Å². The van der Waals surface area contributed by atoms with E-state index in [0.29, 0.717) is 26.9 Å². The maximum Gasteiger partial charge on any atom is 0.236 e. The highest BCUT2D eigenvalue weighted by molar-refractivity contribution is 7.99. The van der Waals surface area contributed by atoms with Crippen molar-refractivity contribution in [3.05, 3.63) is 64.6 Å². The van der Waals surface area contributed by atoms with Crippen molar-refractivity contribution in [2.75, 3.05) is 18.2 Å². The Labute approximate surface area is 192 Å². The second kappa shape index (κ2) is 9.51.